The van der Waals surface area contributed by atoms with Crippen LogP contribution in [0.2, 0.25) is 0 Å². The van der Waals surface area contributed by atoms with Gasteiger partial charge in [-0.1, -0.05) is 66.7 Å². The molecule has 3 heteroatoms. The Balaban J connectivity index is 1.43. The summed E-state index contributed by atoms with van der Waals surface area (Å²) in [6.07, 6.45) is 1.90. The molecule has 8 rings (SSSR count). The standard InChI is InChI=1S/C31H17NS2/c1-2-8-22-20(6-1)21-7-3-4-9-23(21)25-16-18(11-13-24(22)25)19-12-14-27-26(17-19)29-30-28(10-5-15-32-30)34-31(29)33-27/h1-17H. The zero-order valence-electron chi connectivity index (χ0n) is 18.1. The number of thiophene rings is 2. The van der Waals surface area contributed by atoms with E-state index in [0.29, 0.717) is 0 Å². The molecule has 0 spiro atoms. The van der Waals surface area contributed by atoms with Gasteiger partial charge >= 0.3 is 0 Å². The second kappa shape index (κ2) is 6.86. The molecule has 158 valence electrons. The minimum Gasteiger partial charge on any atom is -0.255 e. The van der Waals surface area contributed by atoms with Gasteiger partial charge in [0.2, 0.25) is 0 Å². The van der Waals surface area contributed by atoms with Crippen LogP contribution in [-0.4, -0.2) is 4.98 Å². The van der Waals surface area contributed by atoms with Gasteiger partial charge in [-0.2, -0.15) is 0 Å². The summed E-state index contributed by atoms with van der Waals surface area (Å²) < 4.78 is 3.95. The Hall–Kier alpha value is -3.79. The molecule has 3 heterocycles. The first-order chi connectivity index (χ1) is 16.8. The molecule has 0 bridgehead atoms. The number of benzene rings is 5. The Morgan fingerprint density at radius 2 is 1.06 bits per heavy atom. The van der Waals surface area contributed by atoms with Crippen LogP contribution in [0, 0.1) is 0 Å². The molecular formula is C31H17NS2. The minimum atomic E-state index is 1.13. The van der Waals surface area contributed by atoms with E-state index >= 15 is 0 Å². The van der Waals surface area contributed by atoms with Crippen molar-refractivity contribution in [1.82, 2.24) is 4.98 Å². The van der Waals surface area contributed by atoms with Gasteiger partial charge in [-0.3, -0.25) is 4.98 Å². The lowest BCUT2D eigenvalue weighted by molar-refractivity contribution is 1.44. The predicted molar refractivity (Wildman–Crippen MR) is 150 cm³/mol. The molecule has 0 radical (unpaired) electrons. The van der Waals surface area contributed by atoms with Gasteiger partial charge in [-0.15, -0.1) is 22.7 Å². The topological polar surface area (TPSA) is 12.9 Å². The van der Waals surface area contributed by atoms with Crippen LogP contribution in [-0.2, 0) is 0 Å². The molecule has 0 saturated heterocycles. The van der Waals surface area contributed by atoms with E-state index < -0.39 is 0 Å². The number of pyridine rings is 1. The highest BCUT2D eigenvalue weighted by Gasteiger charge is 2.14. The smallest absolute Gasteiger partial charge is 0.0906 e. The predicted octanol–water partition coefficient (Wildman–Crippen LogP) is 9.79. The highest BCUT2D eigenvalue weighted by molar-refractivity contribution is 7.44. The third-order valence-electron chi connectivity index (χ3n) is 6.94. The Morgan fingerprint density at radius 3 is 1.79 bits per heavy atom. The molecular weight excluding hydrogens is 450 g/mol. The van der Waals surface area contributed by atoms with Gasteiger partial charge in [-0.25, -0.2) is 0 Å². The molecule has 0 amide bonds. The molecule has 0 aliphatic heterocycles. The van der Waals surface area contributed by atoms with Gasteiger partial charge in [0.15, 0.2) is 0 Å². The number of hydrogen-bond donors (Lipinski definition) is 0. The van der Waals surface area contributed by atoms with Crippen molar-refractivity contribution < 1.29 is 0 Å². The Bertz CT molecular complexity index is 2040. The summed E-state index contributed by atoms with van der Waals surface area (Å²) in [6, 6.07) is 35.6. The average Bonchev–Trinajstić information content (AvgIpc) is 3.44. The van der Waals surface area contributed by atoms with Gasteiger partial charge in [-0.05, 0) is 73.8 Å². The molecule has 0 saturated carbocycles. The molecule has 34 heavy (non-hydrogen) atoms. The molecule has 0 fully saturated rings. The van der Waals surface area contributed by atoms with E-state index in [0.717, 1.165) is 5.52 Å². The van der Waals surface area contributed by atoms with Gasteiger partial charge in [0, 0.05) is 21.7 Å². The van der Waals surface area contributed by atoms with Crippen molar-refractivity contribution in [3.8, 4) is 11.1 Å². The molecule has 0 aliphatic rings. The monoisotopic (exact) mass is 467 g/mol. The quantitative estimate of drug-likeness (QED) is 0.219. The van der Waals surface area contributed by atoms with Crippen molar-refractivity contribution in [3.05, 3.63) is 103 Å². The second-order valence-corrected chi connectivity index (χ2v) is 11.1. The van der Waals surface area contributed by atoms with Crippen molar-refractivity contribution in [2.24, 2.45) is 0 Å². The maximum absolute atomic E-state index is 4.72. The van der Waals surface area contributed by atoms with E-state index in [-0.39, 0.29) is 0 Å². The Labute approximate surface area is 203 Å². The molecule has 3 aromatic heterocycles. The summed E-state index contributed by atoms with van der Waals surface area (Å²) in [5, 5.41) is 10.5. The summed E-state index contributed by atoms with van der Waals surface area (Å²) in [7, 11) is 0. The SMILES string of the molecule is c1cnc2c(c1)sc1sc3ccc(-c4ccc5c6ccccc6c6ccccc6c5c4)cc3c12. The summed E-state index contributed by atoms with van der Waals surface area (Å²) in [4.78, 5) is 4.72. The third kappa shape index (κ3) is 2.51. The van der Waals surface area contributed by atoms with Crippen molar-refractivity contribution in [2.75, 3.05) is 0 Å². The summed E-state index contributed by atoms with van der Waals surface area (Å²) >= 11 is 3.73. The fourth-order valence-corrected chi connectivity index (χ4v) is 7.93. The van der Waals surface area contributed by atoms with Crippen molar-refractivity contribution in [3.63, 3.8) is 0 Å². The molecule has 0 atom stereocenters. The molecule has 0 aliphatic carbocycles. The first-order valence-corrected chi connectivity index (χ1v) is 13.0. The first kappa shape index (κ1) is 18.6. The van der Waals surface area contributed by atoms with E-state index in [1.54, 1.807) is 0 Å². The van der Waals surface area contributed by atoms with Crippen LogP contribution in [0.3, 0.4) is 0 Å². The fraction of sp³-hybridized carbons (Fsp3) is 0. The lowest BCUT2D eigenvalue weighted by Gasteiger charge is -2.12. The maximum atomic E-state index is 4.72. The van der Waals surface area contributed by atoms with Gasteiger partial charge in [0.25, 0.3) is 0 Å². The zero-order chi connectivity index (χ0) is 22.2. The number of hydrogen-bond acceptors (Lipinski definition) is 3. The normalized spacial score (nSPS) is 12.1. The fourth-order valence-electron chi connectivity index (χ4n) is 5.40. The largest absolute Gasteiger partial charge is 0.255 e. The number of aromatic nitrogens is 1. The average molecular weight is 468 g/mol. The van der Waals surface area contributed by atoms with E-state index in [1.807, 2.05) is 34.9 Å². The molecule has 5 aromatic carbocycles. The second-order valence-electron chi connectivity index (χ2n) is 8.78. The lowest BCUT2D eigenvalue weighted by Crippen LogP contribution is -1.85. The van der Waals surface area contributed by atoms with E-state index in [1.165, 1.54) is 67.6 Å². The zero-order valence-corrected chi connectivity index (χ0v) is 19.7. The highest BCUT2D eigenvalue weighted by atomic mass is 32.2. The van der Waals surface area contributed by atoms with Crippen molar-refractivity contribution in [2.45, 2.75) is 0 Å². The van der Waals surface area contributed by atoms with Crippen LogP contribution in [0.4, 0.5) is 0 Å². The molecule has 0 N–H and O–H groups in total. The van der Waals surface area contributed by atoms with Crippen molar-refractivity contribution >= 4 is 84.7 Å². The van der Waals surface area contributed by atoms with Crippen LogP contribution >= 0.6 is 22.7 Å². The van der Waals surface area contributed by atoms with Crippen molar-refractivity contribution in [1.29, 1.82) is 0 Å². The number of nitrogens with zero attached hydrogens (tertiary/aromatic N) is 1. The minimum absolute atomic E-state index is 1.13. The van der Waals surface area contributed by atoms with E-state index in [9.17, 15) is 0 Å². The molecule has 0 unspecified atom stereocenters. The van der Waals surface area contributed by atoms with Gasteiger partial charge in [0.1, 0.15) is 0 Å². The summed E-state index contributed by atoms with van der Waals surface area (Å²) in [5.74, 6) is 0. The first-order valence-electron chi connectivity index (χ1n) is 11.4. The number of fused-ring (bicyclic) bond motifs is 11. The van der Waals surface area contributed by atoms with Crippen LogP contribution in [0.5, 0.6) is 0 Å². The highest BCUT2D eigenvalue weighted by Crippen LogP contribution is 2.44. The van der Waals surface area contributed by atoms with Gasteiger partial charge in [0.05, 0.1) is 14.2 Å². The van der Waals surface area contributed by atoms with Crippen LogP contribution in [0.25, 0.3) is 73.1 Å². The Kier molecular flexibility index (Phi) is 3.76. The molecule has 1 nitrogen and oxygen atoms in total. The van der Waals surface area contributed by atoms with Crippen LogP contribution < -0.4 is 0 Å². The van der Waals surface area contributed by atoms with E-state index in [2.05, 4.69) is 91.0 Å². The maximum Gasteiger partial charge on any atom is 0.0906 e. The van der Waals surface area contributed by atoms with E-state index in [4.69, 9.17) is 4.98 Å². The lowest BCUT2D eigenvalue weighted by atomic mass is 9.92. The van der Waals surface area contributed by atoms with Crippen LogP contribution in [0.15, 0.2) is 103 Å². The summed E-state index contributed by atoms with van der Waals surface area (Å²) in [6.45, 7) is 0. The Morgan fingerprint density at radius 1 is 0.471 bits per heavy atom. The third-order valence-corrected chi connectivity index (χ3v) is 9.35. The van der Waals surface area contributed by atoms with Gasteiger partial charge < -0.3 is 0 Å². The molecule has 8 aromatic rings. The van der Waals surface area contributed by atoms with Crippen LogP contribution in [0.1, 0.15) is 0 Å². The number of rotatable bonds is 1. The summed E-state index contributed by atoms with van der Waals surface area (Å²) in [5.41, 5.74) is 3.63.